The van der Waals surface area contributed by atoms with Gasteiger partial charge in [-0.25, -0.2) is 9.07 Å². The van der Waals surface area contributed by atoms with Crippen molar-refractivity contribution in [1.29, 1.82) is 5.26 Å². The van der Waals surface area contributed by atoms with Gasteiger partial charge in [0.05, 0.1) is 39.2 Å². The van der Waals surface area contributed by atoms with Gasteiger partial charge in [-0.05, 0) is 54.6 Å². The zero-order chi connectivity index (χ0) is 30.9. The molecule has 0 unspecified atom stereocenters. The van der Waals surface area contributed by atoms with E-state index in [9.17, 15) is 9.18 Å². The van der Waals surface area contributed by atoms with Crippen molar-refractivity contribution in [3.8, 4) is 23.3 Å². The maximum absolute atomic E-state index is 14.5. The summed E-state index contributed by atoms with van der Waals surface area (Å²) in [5, 5.41) is 14.5. The van der Waals surface area contributed by atoms with E-state index in [1.165, 1.54) is 35.1 Å². The number of nitrogens with two attached hydrogens (primary N) is 1. The van der Waals surface area contributed by atoms with Crippen molar-refractivity contribution in [2.24, 2.45) is 0 Å². The predicted molar refractivity (Wildman–Crippen MR) is 171 cm³/mol. The quantitative estimate of drug-likeness (QED) is 0.0906. The first kappa shape index (κ1) is 30.5. The number of carbonyl (C=O) groups excluding carboxylic acids is 1. The number of halogens is 3. The molecule has 0 saturated carbocycles. The fourth-order valence-corrected chi connectivity index (χ4v) is 5.88. The van der Waals surface area contributed by atoms with Gasteiger partial charge in [0.1, 0.15) is 24.4 Å². The van der Waals surface area contributed by atoms with E-state index >= 15 is 0 Å². The number of rotatable bonds is 10. The Balaban J connectivity index is 1.43. The lowest BCUT2D eigenvalue weighted by Crippen LogP contribution is -2.22. The molecular weight excluding hydrogens is 653 g/mol. The molecule has 43 heavy (non-hydrogen) atoms. The third kappa shape index (κ3) is 6.52. The molecule has 0 bridgehead atoms. The number of aromatic nitrogens is 3. The third-order valence-electron chi connectivity index (χ3n) is 6.82. The van der Waals surface area contributed by atoms with E-state index in [2.05, 4.69) is 40.7 Å². The molecule has 0 atom stereocenters. The van der Waals surface area contributed by atoms with Crippen LogP contribution in [0.2, 0.25) is 30.7 Å². The Kier molecular flexibility index (Phi) is 8.75. The lowest BCUT2D eigenvalue weighted by atomic mass is 10.1. The van der Waals surface area contributed by atoms with Gasteiger partial charge in [-0.1, -0.05) is 53.2 Å². The summed E-state index contributed by atoms with van der Waals surface area (Å²) in [5.41, 5.74) is 8.21. The highest BCUT2D eigenvalue weighted by atomic mass is 79.9. The molecule has 12 heteroatoms. The number of ether oxygens (including phenoxy) is 2. The predicted octanol–water partition coefficient (Wildman–Crippen LogP) is 8.17. The van der Waals surface area contributed by atoms with Gasteiger partial charge in [0.25, 0.3) is 0 Å². The molecule has 0 amide bonds. The molecule has 2 heterocycles. The SMILES string of the molecule is C[Si](C)(C)CCOCn1c(C(=O)c2cnn(-c3ccc(Oc4cccc(C#N)c4F)cc3Cl)c2N)cc2cc(Br)ccc21. The van der Waals surface area contributed by atoms with Crippen LogP contribution in [0.1, 0.15) is 21.6 Å². The van der Waals surface area contributed by atoms with Crippen molar-refractivity contribution in [1.82, 2.24) is 14.3 Å². The maximum atomic E-state index is 14.5. The van der Waals surface area contributed by atoms with E-state index in [-0.39, 0.29) is 46.0 Å². The van der Waals surface area contributed by atoms with Gasteiger partial charge in [-0.3, -0.25) is 4.79 Å². The number of ketones is 1. The van der Waals surface area contributed by atoms with E-state index in [0.29, 0.717) is 18.0 Å². The smallest absolute Gasteiger partial charge is 0.214 e. The Bertz CT molecular complexity index is 1890. The van der Waals surface area contributed by atoms with Gasteiger partial charge in [-0.15, -0.1) is 0 Å². The standard InChI is InChI=1S/C31H28BrClFN5O3Si/c1-43(2,3)12-11-41-18-38-25-9-7-21(32)13-20(25)14-27(38)30(40)23-17-37-39(31(23)36)26-10-8-22(15-24(26)33)42-28-6-4-5-19(16-35)29(28)34/h4-10,13-15,17H,11-12,18,36H2,1-3H3. The monoisotopic (exact) mass is 679 g/mol. The summed E-state index contributed by atoms with van der Waals surface area (Å²) in [7, 11) is -1.28. The Labute approximate surface area is 262 Å². The molecule has 0 fully saturated rings. The number of carbonyl (C=O) groups is 1. The molecule has 8 nitrogen and oxygen atoms in total. The van der Waals surface area contributed by atoms with Crippen molar-refractivity contribution in [3.05, 3.63) is 99.0 Å². The van der Waals surface area contributed by atoms with E-state index < -0.39 is 13.9 Å². The average molecular weight is 681 g/mol. The van der Waals surface area contributed by atoms with Gasteiger partial charge in [0, 0.05) is 30.6 Å². The number of nitriles is 1. The normalized spacial score (nSPS) is 11.6. The van der Waals surface area contributed by atoms with Crippen LogP contribution in [-0.4, -0.2) is 34.8 Å². The number of nitrogen functional groups attached to an aromatic ring is 1. The minimum absolute atomic E-state index is 0.103. The molecule has 2 N–H and O–H groups in total. The van der Waals surface area contributed by atoms with Crippen molar-refractivity contribution in [2.45, 2.75) is 32.4 Å². The molecule has 0 saturated heterocycles. The highest BCUT2D eigenvalue weighted by Gasteiger charge is 2.24. The van der Waals surface area contributed by atoms with Crippen LogP contribution < -0.4 is 10.5 Å². The van der Waals surface area contributed by atoms with Crippen LogP contribution in [-0.2, 0) is 11.5 Å². The third-order valence-corrected chi connectivity index (χ3v) is 9.32. The second kappa shape index (κ2) is 12.3. The van der Waals surface area contributed by atoms with E-state index in [1.54, 1.807) is 18.2 Å². The first-order valence-corrected chi connectivity index (χ1v) is 18.3. The van der Waals surface area contributed by atoms with Gasteiger partial charge in [-0.2, -0.15) is 10.4 Å². The highest BCUT2D eigenvalue weighted by Crippen LogP contribution is 2.33. The number of anilines is 1. The van der Waals surface area contributed by atoms with E-state index in [4.69, 9.17) is 32.1 Å². The molecule has 0 aliphatic heterocycles. The minimum Gasteiger partial charge on any atom is -0.454 e. The summed E-state index contributed by atoms with van der Waals surface area (Å²) in [5.74, 6) is -0.841. The molecule has 220 valence electrons. The van der Waals surface area contributed by atoms with E-state index in [1.807, 2.05) is 28.8 Å². The molecule has 3 aromatic carbocycles. The zero-order valence-electron chi connectivity index (χ0n) is 23.7. The summed E-state index contributed by atoms with van der Waals surface area (Å²) in [6.07, 6.45) is 1.41. The Morgan fingerprint density at radius 2 is 1.95 bits per heavy atom. The van der Waals surface area contributed by atoms with Crippen molar-refractivity contribution in [3.63, 3.8) is 0 Å². The van der Waals surface area contributed by atoms with Gasteiger partial charge < -0.3 is 19.8 Å². The zero-order valence-corrected chi connectivity index (χ0v) is 27.0. The molecule has 0 aliphatic rings. The number of nitrogens with zero attached hydrogens (tertiary/aromatic N) is 4. The van der Waals surface area contributed by atoms with Gasteiger partial charge >= 0.3 is 0 Å². The second-order valence-electron chi connectivity index (χ2n) is 11.1. The van der Waals surface area contributed by atoms with Crippen LogP contribution in [0.4, 0.5) is 10.2 Å². The second-order valence-corrected chi connectivity index (χ2v) is 18.1. The van der Waals surface area contributed by atoms with Crippen LogP contribution in [0.25, 0.3) is 16.6 Å². The summed E-state index contributed by atoms with van der Waals surface area (Å²) >= 11 is 10.1. The van der Waals surface area contributed by atoms with Crippen LogP contribution in [0.15, 0.2) is 71.3 Å². The largest absolute Gasteiger partial charge is 0.454 e. The molecule has 5 aromatic rings. The molecule has 5 rings (SSSR count). The first-order valence-electron chi connectivity index (χ1n) is 13.4. The lowest BCUT2D eigenvalue weighted by Gasteiger charge is -2.16. The van der Waals surface area contributed by atoms with E-state index in [0.717, 1.165) is 21.4 Å². The van der Waals surface area contributed by atoms with Crippen LogP contribution >= 0.6 is 27.5 Å². The van der Waals surface area contributed by atoms with Crippen molar-refractivity contribution in [2.75, 3.05) is 12.3 Å². The first-order chi connectivity index (χ1) is 20.5. The Morgan fingerprint density at radius 1 is 1.16 bits per heavy atom. The lowest BCUT2D eigenvalue weighted by molar-refractivity contribution is 0.0842. The van der Waals surface area contributed by atoms with Crippen LogP contribution in [0.5, 0.6) is 11.5 Å². The summed E-state index contributed by atoms with van der Waals surface area (Å²) in [6, 6.07) is 19.4. The number of benzene rings is 3. The summed E-state index contributed by atoms with van der Waals surface area (Å²) < 4.78 is 30.2. The summed E-state index contributed by atoms with van der Waals surface area (Å²) in [4.78, 5) is 13.9. The summed E-state index contributed by atoms with van der Waals surface area (Å²) in [6.45, 7) is 7.69. The van der Waals surface area contributed by atoms with Gasteiger partial charge in [0.15, 0.2) is 11.6 Å². The number of hydrogen-bond donors (Lipinski definition) is 1. The van der Waals surface area contributed by atoms with Crippen LogP contribution in [0.3, 0.4) is 0 Å². The fourth-order valence-electron chi connectivity index (χ4n) is 4.49. The maximum Gasteiger partial charge on any atom is 0.214 e. The van der Waals surface area contributed by atoms with Gasteiger partial charge in [0.2, 0.25) is 5.78 Å². The molecule has 0 aliphatic carbocycles. The van der Waals surface area contributed by atoms with Crippen LogP contribution in [0, 0.1) is 17.1 Å². The number of hydrogen-bond acceptors (Lipinski definition) is 6. The minimum atomic E-state index is -1.28. The topological polar surface area (TPSA) is 108 Å². The Hall–Kier alpha value is -3.95. The highest BCUT2D eigenvalue weighted by molar-refractivity contribution is 9.10. The molecule has 0 spiro atoms. The number of fused-ring (bicyclic) bond motifs is 1. The van der Waals surface area contributed by atoms with Crippen molar-refractivity contribution >= 4 is 58.1 Å². The molecule has 0 radical (unpaired) electrons. The average Bonchev–Trinajstić information content (AvgIpc) is 3.51. The van der Waals surface area contributed by atoms with Crippen molar-refractivity contribution < 1.29 is 18.7 Å². The fraction of sp³-hybridized carbons (Fsp3) is 0.194. The molecular formula is C31H28BrClFN5O3Si. The molecule has 2 aromatic heterocycles. The Morgan fingerprint density at radius 3 is 2.67 bits per heavy atom.